The van der Waals surface area contributed by atoms with Crippen LogP contribution in [0, 0.1) is 11.3 Å². The van der Waals surface area contributed by atoms with Gasteiger partial charge in [-0.3, -0.25) is 0 Å². The van der Waals surface area contributed by atoms with Crippen molar-refractivity contribution in [2.24, 2.45) is 11.3 Å². The molecule has 1 fully saturated rings. The number of phenols is 2. The molecule has 2 aromatic carbocycles. The number of hydrogen-bond donors (Lipinski definition) is 2. The Kier molecular flexibility index (Phi) is 7.20. The Morgan fingerprint density at radius 1 is 0.828 bits per heavy atom. The summed E-state index contributed by atoms with van der Waals surface area (Å²) in [5.41, 5.74) is 2.49. The average Bonchev–Trinajstić information content (AvgIpc) is 2.69. The summed E-state index contributed by atoms with van der Waals surface area (Å²) in [7, 11) is 0. The van der Waals surface area contributed by atoms with E-state index in [1.165, 1.54) is 17.5 Å². The SMILES string of the molecule is CCC(C)(C)C1CCC(c2cc(Br)c(O)c(Br)c2)(c2cc(Br)c(O)c(Br)c2)CC1. The van der Waals surface area contributed by atoms with Crippen molar-refractivity contribution in [2.45, 2.75) is 58.3 Å². The highest BCUT2D eigenvalue weighted by atomic mass is 79.9. The van der Waals surface area contributed by atoms with E-state index in [9.17, 15) is 10.2 Å². The zero-order chi connectivity index (χ0) is 21.6. The fraction of sp³-hybridized carbons (Fsp3) is 0.478. The van der Waals surface area contributed by atoms with E-state index in [1.54, 1.807) is 0 Å². The van der Waals surface area contributed by atoms with Gasteiger partial charge in [-0.2, -0.15) is 0 Å². The van der Waals surface area contributed by atoms with Gasteiger partial charge in [-0.05, 0) is 136 Å². The molecular weight excluding hydrogens is 628 g/mol. The lowest BCUT2D eigenvalue weighted by Crippen LogP contribution is -2.37. The molecule has 1 aliphatic rings. The predicted molar refractivity (Wildman–Crippen MR) is 134 cm³/mol. The summed E-state index contributed by atoms with van der Waals surface area (Å²) in [6.07, 6.45) is 5.51. The average molecular weight is 654 g/mol. The third-order valence-corrected chi connectivity index (χ3v) is 9.41. The number of hydrogen-bond acceptors (Lipinski definition) is 2. The quantitative estimate of drug-likeness (QED) is 0.346. The number of phenolic OH excluding ortho intramolecular Hbond substituents is 2. The van der Waals surface area contributed by atoms with E-state index in [-0.39, 0.29) is 16.9 Å². The summed E-state index contributed by atoms with van der Waals surface area (Å²) in [5, 5.41) is 20.5. The highest BCUT2D eigenvalue weighted by Gasteiger charge is 2.42. The molecule has 0 unspecified atom stereocenters. The van der Waals surface area contributed by atoms with Crippen molar-refractivity contribution >= 4 is 63.7 Å². The molecular formula is C23H26Br4O2. The van der Waals surface area contributed by atoms with Gasteiger partial charge in [-0.1, -0.05) is 27.2 Å². The Morgan fingerprint density at radius 2 is 1.17 bits per heavy atom. The summed E-state index contributed by atoms with van der Waals surface area (Å²) in [6, 6.07) is 8.17. The van der Waals surface area contributed by atoms with Gasteiger partial charge >= 0.3 is 0 Å². The van der Waals surface area contributed by atoms with Crippen molar-refractivity contribution in [3.63, 3.8) is 0 Å². The monoisotopic (exact) mass is 650 g/mol. The smallest absolute Gasteiger partial charge is 0.143 e. The maximum absolute atomic E-state index is 10.2. The lowest BCUT2D eigenvalue weighted by molar-refractivity contribution is 0.125. The lowest BCUT2D eigenvalue weighted by Gasteiger charge is -2.46. The van der Waals surface area contributed by atoms with E-state index in [2.05, 4.69) is 84.5 Å². The first-order valence-corrected chi connectivity index (χ1v) is 13.1. The van der Waals surface area contributed by atoms with Gasteiger partial charge in [0.05, 0.1) is 17.9 Å². The lowest BCUT2D eigenvalue weighted by atomic mass is 9.58. The van der Waals surface area contributed by atoms with Crippen LogP contribution in [0.1, 0.15) is 64.0 Å². The molecule has 29 heavy (non-hydrogen) atoms. The van der Waals surface area contributed by atoms with Crippen LogP contribution in [0.15, 0.2) is 42.2 Å². The number of benzene rings is 2. The van der Waals surface area contributed by atoms with E-state index in [1.807, 2.05) is 24.3 Å². The molecule has 2 aromatic rings. The van der Waals surface area contributed by atoms with Gasteiger partial charge in [-0.25, -0.2) is 0 Å². The predicted octanol–water partition coefficient (Wildman–Crippen LogP) is 9.06. The van der Waals surface area contributed by atoms with Gasteiger partial charge in [-0.15, -0.1) is 0 Å². The molecule has 0 aromatic heterocycles. The van der Waals surface area contributed by atoms with Crippen molar-refractivity contribution < 1.29 is 10.2 Å². The summed E-state index contributed by atoms with van der Waals surface area (Å²) < 4.78 is 2.76. The van der Waals surface area contributed by atoms with Crippen LogP contribution in [-0.4, -0.2) is 10.2 Å². The van der Waals surface area contributed by atoms with E-state index in [4.69, 9.17) is 0 Å². The van der Waals surface area contributed by atoms with Gasteiger partial charge in [0.25, 0.3) is 0 Å². The third-order valence-electron chi connectivity index (χ3n) is 6.99. The minimum atomic E-state index is -0.183. The Morgan fingerprint density at radius 3 is 1.48 bits per heavy atom. The van der Waals surface area contributed by atoms with Crippen LogP contribution in [0.2, 0.25) is 0 Å². The van der Waals surface area contributed by atoms with E-state index in [0.717, 1.165) is 25.7 Å². The highest BCUT2D eigenvalue weighted by Crippen LogP contribution is 2.53. The zero-order valence-corrected chi connectivity index (χ0v) is 23.2. The van der Waals surface area contributed by atoms with Crippen molar-refractivity contribution in [1.82, 2.24) is 0 Å². The maximum atomic E-state index is 10.2. The minimum Gasteiger partial charge on any atom is -0.506 e. The Hall–Kier alpha value is -0.0400. The minimum absolute atomic E-state index is 0.183. The number of rotatable bonds is 4. The normalized spacial score (nSPS) is 17.5. The van der Waals surface area contributed by atoms with Crippen LogP contribution in [0.25, 0.3) is 0 Å². The molecule has 3 rings (SSSR count). The Balaban J connectivity index is 2.14. The molecule has 0 atom stereocenters. The summed E-state index contributed by atoms with van der Waals surface area (Å²) in [5.74, 6) is 1.13. The standard InChI is InChI=1S/C23H26Br4O2/c1-4-22(2,3)13-5-7-23(8-6-13,14-9-16(24)20(28)17(25)10-14)15-11-18(26)21(29)19(27)12-15/h9-13,28-29H,4-8H2,1-3H3. The molecule has 0 bridgehead atoms. The third kappa shape index (κ3) is 4.47. The molecule has 2 N–H and O–H groups in total. The summed E-state index contributed by atoms with van der Waals surface area (Å²) >= 11 is 14.1. The van der Waals surface area contributed by atoms with Gasteiger partial charge in [0.15, 0.2) is 0 Å². The summed E-state index contributed by atoms with van der Waals surface area (Å²) in [6.45, 7) is 7.04. The summed E-state index contributed by atoms with van der Waals surface area (Å²) in [4.78, 5) is 0. The van der Waals surface area contributed by atoms with Crippen LogP contribution < -0.4 is 0 Å². The maximum Gasteiger partial charge on any atom is 0.143 e. The van der Waals surface area contributed by atoms with E-state index >= 15 is 0 Å². The second kappa shape index (κ2) is 8.84. The zero-order valence-electron chi connectivity index (χ0n) is 16.8. The molecule has 158 valence electrons. The van der Waals surface area contributed by atoms with E-state index < -0.39 is 0 Å². The molecule has 0 heterocycles. The molecule has 2 nitrogen and oxygen atoms in total. The topological polar surface area (TPSA) is 40.5 Å². The number of halogens is 4. The first kappa shape index (κ1) is 23.6. The van der Waals surface area contributed by atoms with Crippen molar-refractivity contribution in [1.29, 1.82) is 0 Å². The van der Waals surface area contributed by atoms with Crippen LogP contribution in [-0.2, 0) is 5.41 Å². The van der Waals surface area contributed by atoms with Gasteiger partial charge < -0.3 is 10.2 Å². The van der Waals surface area contributed by atoms with Gasteiger partial charge in [0.2, 0.25) is 0 Å². The van der Waals surface area contributed by atoms with Crippen molar-refractivity contribution in [3.8, 4) is 11.5 Å². The fourth-order valence-corrected chi connectivity index (χ4v) is 6.98. The largest absolute Gasteiger partial charge is 0.506 e. The van der Waals surface area contributed by atoms with Gasteiger partial charge in [0, 0.05) is 5.41 Å². The van der Waals surface area contributed by atoms with Crippen LogP contribution in [0.4, 0.5) is 0 Å². The highest BCUT2D eigenvalue weighted by molar-refractivity contribution is 9.11. The van der Waals surface area contributed by atoms with E-state index in [0.29, 0.717) is 29.2 Å². The van der Waals surface area contributed by atoms with Crippen LogP contribution in [0.5, 0.6) is 11.5 Å². The second-order valence-corrected chi connectivity index (χ2v) is 12.2. The molecule has 0 saturated heterocycles. The van der Waals surface area contributed by atoms with Crippen molar-refractivity contribution in [2.75, 3.05) is 0 Å². The molecule has 0 aliphatic heterocycles. The number of aromatic hydroxyl groups is 2. The molecule has 0 radical (unpaired) electrons. The van der Waals surface area contributed by atoms with Crippen LogP contribution >= 0.6 is 63.7 Å². The first-order chi connectivity index (χ1) is 13.5. The fourth-order valence-electron chi connectivity index (χ4n) is 4.61. The Labute approximate surface area is 207 Å². The molecule has 0 amide bonds. The second-order valence-electron chi connectivity index (χ2n) is 8.78. The van der Waals surface area contributed by atoms with Gasteiger partial charge in [0.1, 0.15) is 11.5 Å². The molecule has 0 spiro atoms. The molecule has 1 aliphatic carbocycles. The van der Waals surface area contributed by atoms with Crippen LogP contribution in [0.3, 0.4) is 0 Å². The van der Waals surface area contributed by atoms with Crippen molar-refractivity contribution in [3.05, 3.63) is 53.3 Å². The molecule has 6 heteroatoms. The first-order valence-electron chi connectivity index (χ1n) is 9.89. The molecule has 1 saturated carbocycles. The Bertz CT molecular complexity index is 810.